The summed E-state index contributed by atoms with van der Waals surface area (Å²) in [7, 11) is 1.64. The van der Waals surface area contributed by atoms with Crippen LogP contribution in [0.5, 0.6) is 0 Å². The molecule has 15 heteroatoms. The molecular formula is C34H72O15. The number of hydrogen-bond donors (Lipinski definition) is 3. The Morgan fingerprint density at radius 3 is 0.898 bits per heavy atom. The Kier molecular flexibility index (Phi) is 39.8. The quantitative estimate of drug-likeness (QED) is 0.0795. The Hall–Kier alpha value is -0.600. The fourth-order valence-corrected chi connectivity index (χ4v) is 3.28. The highest BCUT2D eigenvalue weighted by Crippen LogP contribution is 2.04. The lowest BCUT2D eigenvalue weighted by Crippen LogP contribution is -2.30. The van der Waals surface area contributed by atoms with Gasteiger partial charge in [0.2, 0.25) is 0 Å². The minimum Gasteiger partial charge on any atom is -0.394 e. The molecule has 0 spiro atoms. The van der Waals surface area contributed by atoms with E-state index in [1.165, 1.54) is 0 Å². The second-order valence-corrected chi connectivity index (χ2v) is 11.7. The zero-order chi connectivity index (χ0) is 37.0. The number of rotatable bonds is 36. The van der Waals surface area contributed by atoms with Gasteiger partial charge < -0.3 is 72.2 Å². The predicted octanol–water partition coefficient (Wildman–Crippen LogP) is 1.50. The van der Waals surface area contributed by atoms with Gasteiger partial charge in [0.05, 0.1) is 168 Å². The normalized spacial score (nSPS) is 16.0. The topological polar surface area (TPSA) is 171 Å². The molecular weight excluding hydrogens is 648 g/mol. The summed E-state index contributed by atoms with van der Waals surface area (Å²) in [5, 5.41) is 26.6. The molecule has 0 saturated heterocycles. The standard InChI is InChI=1S/C21H44O8.C13H28O7/c1-15(23)9-24-17(3)11-26-19(5)13-28-21(7)14-29-20(6)12-27-18(4)10-25-16(2)8-22;1-15-4-5-17-8-9-19-12-13-20-11-10-18-7-6-16-3-2-14/h15-23H,8-14H2,1-7H3;14H,2-13H2,1H3. The van der Waals surface area contributed by atoms with Gasteiger partial charge >= 0.3 is 0 Å². The molecule has 0 heterocycles. The van der Waals surface area contributed by atoms with E-state index in [1.54, 1.807) is 14.0 Å². The second-order valence-electron chi connectivity index (χ2n) is 11.7. The SMILES string of the molecule is CC(O)COC(C)COC(C)COC(C)COC(C)COC(C)COC(C)CO.COCCOCCOCCOCCOCCOCCO. The van der Waals surface area contributed by atoms with Gasteiger partial charge in [-0.05, 0) is 48.5 Å². The zero-order valence-corrected chi connectivity index (χ0v) is 31.7. The number of aliphatic hydroxyl groups excluding tert-OH is 3. The molecule has 0 aromatic rings. The highest BCUT2D eigenvalue weighted by atomic mass is 16.6. The van der Waals surface area contributed by atoms with Crippen LogP contribution in [-0.2, 0) is 56.8 Å². The monoisotopic (exact) mass is 720 g/mol. The van der Waals surface area contributed by atoms with Crippen LogP contribution in [-0.4, -0.2) is 191 Å². The highest BCUT2D eigenvalue weighted by Gasteiger charge is 2.13. The van der Waals surface area contributed by atoms with E-state index < -0.39 is 6.10 Å². The third-order valence-electron chi connectivity index (χ3n) is 6.11. The van der Waals surface area contributed by atoms with Gasteiger partial charge in [0.15, 0.2) is 0 Å². The molecule has 0 radical (unpaired) electrons. The van der Waals surface area contributed by atoms with Gasteiger partial charge in [-0.15, -0.1) is 0 Å². The molecule has 0 rings (SSSR count). The molecule has 0 amide bonds. The van der Waals surface area contributed by atoms with Crippen LogP contribution in [0.3, 0.4) is 0 Å². The fraction of sp³-hybridized carbons (Fsp3) is 1.00. The van der Waals surface area contributed by atoms with Crippen molar-refractivity contribution in [3.63, 3.8) is 0 Å². The Morgan fingerprint density at radius 2 is 0.633 bits per heavy atom. The van der Waals surface area contributed by atoms with Crippen LogP contribution in [0, 0.1) is 0 Å². The fourth-order valence-electron chi connectivity index (χ4n) is 3.28. The Balaban J connectivity index is 0. The van der Waals surface area contributed by atoms with E-state index in [0.717, 1.165) is 0 Å². The van der Waals surface area contributed by atoms with E-state index in [4.69, 9.17) is 67.1 Å². The number of ether oxygens (including phenoxy) is 12. The summed E-state index contributed by atoms with van der Waals surface area (Å²) in [6.45, 7) is 21.7. The van der Waals surface area contributed by atoms with E-state index in [0.29, 0.717) is 112 Å². The van der Waals surface area contributed by atoms with Gasteiger partial charge in [0.25, 0.3) is 0 Å². The zero-order valence-electron chi connectivity index (χ0n) is 31.7. The first kappa shape index (κ1) is 50.5. The molecule has 0 aliphatic rings. The molecule has 0 aliphatic carbocycles. The summed E-state index contributed by atoms with van der Waals surface area (Å²) in [5.41, 5.74) is 0. The maximum Gasteiger partial charge on any atom is 0.0781 e. The average molecular weight is 721 g/mol. The summed E-state index contributed by atoms with van der Waals surface area (Å²) >= 11 is 0. The van der Waals surface area contributed by atoms with E-state index in [9.17, 15) is 5.11 Å². The average Bonchev–Trinajstić information content (AvgIpc) is 3.09. The lowest BCUT2D eigenvalue weighted by Gasteiger charge is -2.22. The van der Waals surface area contributed by atoms with Crippen molar-refractivity contribution in [1.29, 1.82) is 0 Å². The van der Waals surface area contributed by atoms with Gasteiger partial charge in [0.1, 0.15) is 0 Å². The summed E-state index contributed by atoms with van der Waals surface area (Å²) in [4.78, 5) is 0. The van der Waals surface area contributed by atoms with Crippen LogP contribution in [0.15, 0.2) is 0 Å². The van der Waals surface area contributed by atoms with Crippen molar-refractivity contribution in [1.82, 2.24) is 0 Å². The van der Waals surface area contributed by atoms with Crippen molar-refractivity contribution in [2.24, 2.45) is 0 Å². The van der Waals surface area contributed by atoms with Gasteiger partial charge in [-0.3, -0.25) is 0 Å². The number of aliphatic hydroxyl groups is 3. The summed E-state index contributed by atoms with van der Waals surface area (Å²) in [6, 6.07) is 0. The number of methoxy groups -OCH3 is 1. The van der Waals surface area contributed by atoms with Gasteiger partial charge in [-0.2, -0.15) is 0 Å². The molecule has 0 saturated carbocycles. The molecule has 49 heavy (non-hydrogen) atoms. The minimum atomic E-state index is -0.474. The van der Waals surface area contributed by atoms with Crippen molar-refractivity contribution >= 4 is 0 Å². The van der Waals surface area contributed by atoms with Crippen molar-refractivity contribution in [2.45, 2.75) is 91.2 Å². The van der Waals surface area contributed by atoms with Crippen molar-refractivity contribution < 1.29 is 72.2 Å². The Morgan fingerprint density at radius 1 is 0.367 bits per heavy atom. The van der Waals surface area contributed by atoms with Crippen molar-refractivity contribution in [2.75, 3.05) is 133 Å². The van der Waals surface area contributed by atoms with E-state index in [1.807, 2.05) is 41.5 Å². The molecule has 0 fully saturated rings. The second kappa shape index (κ2) is 38.6. The summed E-state index contributed by atoms with van der Waals surface area (Å²) in [5.74, 6) is 0. The lowest BCUT2D eigenvalue weighted by atomic mass is 10.3. The summed E-state index contributed by atoms with van der Waals surface area (Å²) < 4.78 is 64.8. The number of hydrogen-bond acceptors (Lipinski definition) is 15. The molecule has 0 aromatic heterocycles. The molecule has 15 nitrogen and oxygen atoms in total. The molecule has 7 unspecified atom stereocenters. The predicted molar refractivity (Wildman–Crippen MR) is 184 cm³/mol. The van der Waals surface area contributed by atoms with E-state index in [2.05, 4.69) is 0 Å². The Labute approximate surface area is 296 Å². The van der Waals surface area contributed by atoms with Crippen molar-refractivity contribution in [3.8, 4) is 0 Å². The van der Waals surface area contributed by atoms with Crippen LogP contribution in [0.4, 0.5) is 0 Å². The molecule has 7 atom stereocenters. The Bertz CT molecular complexity index is 616. The lowest BCUT2D eigenvalue weighted by molar-refractivity contribution is -0.105. The largest absolute Gasteiger partial charge is 0.394 e. The highest BCUT2D eigenvalue weighted by molar-refractivity contribution is 4.58. The van der Waals surface area contributed by atoms with Crippen molar-refractivity contribution in [3.05, 3.63) is 0 Å². The van der Waals surface area contributed by atoms with Crippen LogP contribution in [0.25, 0.3) is 0 Å². The molecule has 0 aliphatic heterocycles. The van der Waals surface area contributed by atoms with E-state index >= 15 is 0 Å². The van der Waals surface area contributed by atoms with Gasteiger partial charge in [-0.25, -0.2) is 0 Å². The first-order chi connectivity index (χ1) is 23.5. The van der Waals surface area contributed by atoms with Gasteiger partial charge in [0, 0.05) is 7.11 Å². The molecule has 298 valence electrons. The van der Waals surface area contributed by atoms with Crippen LogP contribution < -0.4 is 0 Å². The third kappa shape index (κ3) is 41.7. The maximum atomic E-state index is 9.21. The minimum absolute atomic E-state index is 0.00355. The smallest absolute Gasteiger partial charge is 0.0781 e. The van der Waals surface area contributed by atoms with Gasteiger partial charge in [-0.1, -0.05) is 0 Å². The molecule has 0 aromatic carbocycles. The van der Waals surface area contributed by atoms with E-state index in [-0.39, 0.29) is 49.8 Å². The van der Waals surface area contributed by atoms with Crippen LogP contribution in [0.1, 0.15) is 48.5 Å². The van der Waals surface area contributed by atoms with Crippen LogP contribution in [0.2, 0.25) is 0 Å². The molecule has 3 N–H and O–H groups in total. The summed E-state index contributed by atoms with van der Waals surface area (Å²) in [6.07, 6.45) is -0.963. The maximum absolute atomic E-state index is 9.21. The first-order valence-electron chi connectivity index (χ1n) is 17.5. The third-order valence-corrected chi connectivity index (χ3v) is 6.11. The molecule has 0 bridgehead atoms. The first-order valence-corrected chi connectivity index (χ1v) is 17.5. The van der Waals surface area contributed by atoms with Crippen LogP contribution >= 0.6 is 0 Å².